The molecule has 7 nitrogen and oxygen atoms in total. The maximum atomic E-state index is 12.0. The first-order chi connectivity index (χ1) is 11.9. The number of carbonyl (C=O) groups is 3. The van der Waals surface area contributed by atoms with Gasteiger partial charge in [-0.1, -0.05) is 18.5 Å². The number of hydrogen-bond acceptors (Lipinski definition) is 5. The molecule has 0 aliphatic heterocycles. The molecule has 1 atom stereocenters. The minimum absolute atomic E-state index is 0.0289. The van der Waals surface area contributed by atoms with Crippen molar-refractivity contribution in [2.45, 2.75) is 26.3 Å². The summed E-state index contributed by atoms with van der Waals surface area (Å²) in [4.78, 5) is 35.4. The van der Waals surface area contributed by atoms with Crippen molar-refractivity contribution < 1.29 is 23.5 Å². The van der Waals surface area contributed by atoms with Gasteiger partial charge in [0.2, 0.25) is 11.7 Å². The van der Waals surface area contributed by atoms with Crippen molar-refractivity contribution >= 4 is 40.4 Å². The number of carbonyl (C=O) groups excluding carboxylic acids is 3. The number of ether oxygens (including phenoxy) is 1. The molecule has 2 rings (SSSR count). The highest BCUT2D eigenvalue weighted by atomic mass is 35.5. The molecule has 0 spiro atoms. The molecule has 0 aliphatic carbocycles. The minimum Gasteiger partial charge on any atom is -0.450 e. The average Bonchev–Trinajstić information content (AvgIpc) is 3.00. The van der Waals surface area contributed by atoms with E-state index in [4.69, 9.17) is 20.8 Å². The molecular weight excluding hydrogens is 348 g/mol. The van der Waals surface area contributed by atoms with Crippen molar-refractivity contribution in [1.82, 2.24) is 10.6 Å². The molecule has 0 aliphatic rings. The summed E-state index contributed by atoms with van der Waals surface area (Å²) in [6.07, 6.45) is 0.798. The van der Waals surface area contributed by atoms with Crippen molar-refractivity contribution in [2.24, 2.45) is 0 Å². The predicted octanol–water partition coefficient (Wildman–Crippen LogP) is 2.27. The molecule has 0 unspecified atom stereocenters. The number of fused-ring (bicyclic) bond motifs is 1. The quantitative estimate of drug-likeness (QED) is 0.732. The number of amides is 2. The molecule has 0 fully saturated rings. The lowest BCUT2D eigenvalue weighted by atomic mass is 10.2. The smallest absolute Gasteiger partial charge is 0.374 e. The van der Waals surface area contributed by atoms with E-state index in [9.17, 15) is 14.4 Å². The Morgan fingerprint density at radius 3 is 2.76 bits per heavy atom. The van der Waals surface area contributed by atoms with Gasteiger partial charge in [-0.2, -0.15) is 0 Å². The third-order valence-corrected chi connectivity index (χ3v) is 3.57. The molecule has 1 aromatic carbocycles. The molecule has 2 aromatic rings. The van der Waals surface area contributed by atoms with Crippen molar-refractivity contribution in [3.8, 4) is 0 Å². The van der Waals surface area contributed by atoms with Crippen molar-refractivity contribution in [3.63, 3.8) is 0 Å². The number of halogens is 1. The van der Waals surface area contributed by atoms with Crippen LogP contribution < -0.4 is 10.6 Å². The number of hydrogen-bond donors (Lipinski definition) is 2. The Hall–Kier alpha value is -2.54. The molecule has 0 saturated heterocycles. The number of esters is 1. The van der Waals surface area contributed by atoms with Crippen LogP contribution in [0.2, 0.25) is 5.02 Å². The number of furan rings is 1. The predicted molar refractivity (Wildman–Crippen MR) is 92.4 cm³/mol. The fourth-order valence-corrected chi connectivity index (χ4v) is 2.25. The lowest BCUT2D eigenvalue weighted by molar-refractivity contribution is -0.130. The van der Waals surface area contributed by atoms with Gasteiger partial charge in [0.25, 0.3) is 5.91 Å². The van der Waals surface area contributed by atoms with Crippen LogP contribution in [0.4, 0.5) is 0 Å². The van der Waals surface area contributed by atoms with Crippen LogP contribution in [0.1, 0.15) is 30.8 Å². The summed E-state index contributed by atoms with van der Waals surface area (Å²) >= 11 is 5.87. The van der Waals surface area contributed by atoms with E-state index in [1.165, 1.54) is 6.07 Å². The number of benzene rings is 1. The molecule has 8 heteroatoms. The van der Waals surface area contributed by atoms with Crippen LogP contribution in [-0.4, -0.2) is 37.0 Å². The van der Waals surface area contributed by atoms with Gasteiger partial charge in [0, 0.05) is 17.0 Å². The first kappa shape index (κ1) is 18.8. The van der Waals surface area contributed by atoms with Crippen molar-refractivity contribution in [1.29, 1.82) is 0 Å². The third kappa shape index (κ3) is 5.22. The largest absolute Gasteiger partial charge is 0.450 e. The Morgan fingerprint density at radius 1 is 1.28 bits per heavy atom. The zero-order chi connectivity index (χ0) is 18.4. The van der Waals surface area contributed by atoms with Gasteiger partial charge in [0.15, 0.2) is 6.61 Å². The van der Waals surface area contributed by atoms with E-state index in [-0.39, 0.29) is 11.7 Å². The van der Waals surface area contributed by atoms with Gasteiger partial charge in [-0.15, -0.1) is 0 Å². The molecule has 134 valence electrons. The van der Waals surface area contributed by atoms with Crippen molar-refractivity contribution in [3.05, 3.63) is 35.0 Å². The van der Waals surface area contributed by atoms with Gasteiger partial charge in [-0.05, 0) is 37.6 Å². The summed E-state index contributed by atoms with van der Waals surface area (Å²) < 4.78 is 10.3. The minimum atomic E-state index is -0.773. The zero-order valence-corrected chi connectivity index (χ0v) is 14.7. The first-order valence-corrected chi connectivity index (χ1v) is 8.21. The van der Waals surface area contributed by atoms with Crippen LogP contribution in [-0.2, 0) is 14.3 Å². The Morgan fingerprint density at radius 2 is 2.04 bits per heavy atom. The van der Waals surface area contributed by atoms with Crippen molar-refractivity contribution in [2.75, 3.05) is 13.2 Å². The van der Waals surface area contributed by atoms with Crippen LogP contribution >= 0.6 is 11.6 Å². The highest BCUT2D eigenvalue weighted by Gasteiger charge is 2.18. The van der Waals surface area contributed by atoms with E-state index in [0.29, 0.717) is 22.5 Å². The van der Waals surface area contributed by atoms with Gasteiger partial charge >= 0.3 is 5.97 Å². The second kappa shape index (κ2) is 8.53. The first-order valence-electron chi connectivity index (χ1n) is 7.84. The van der Waals surface area contributed by atoms with Gasteiger partial charge in [-0.25, -0.2) is 4.79 Å². The molecule has 1 heterocycles. The van der Waals surface area contributed by atoms with Gasteiger partial charge in [0.1, 0.15) is 11.6 Å². The highest BCUT2D eigenvalue weighted by Crippen LogP contribution is 2.23. The number of nitrogens with one attached hydrogen (secondary N) is 2. The molecule has 0 bridgehead atoms. The Kier molecular flexibility index (Phi) is 6.41. The average molecular weight is 367 g/mol. The lowest BCUT2D eigenvalue weighted by Gasteiger charge is -2.13. The fraction of sp³-hybridized carbons (Fsp3) is 0.353. The summed E-state index contributed by atoms with van der Waals surface area (Å²) in [5.74, 6) is -1.67. The maximum absolute atomic E-state index is 12.0. The highest BCUT2D eigenvalue weighted by molar-refractivity contribution is 6.31. The van der Waals surface area contributed by atoms with E-state index < -0.39 is 24.5 Å². The summed E-state index contributed by atoms with van der Waals surface area (Å²) in [7, 11) is 0. The fourth-order valence-electron chi connectivity index (χ4n) is 2.07. The van der Waals surface area contributed by atoms with E-state index in [1.54, 1.807) is 25.1 Å². The van der Waals surface area contributed by atoms with Gasteiger partial charge in [-0.3, -0.25) is 9.59 Å². The summed E-state index contributed by atoms with van der Waals surface area (Å²) in [6, 6.07) is 5.70. The van der Waals surface area contributed by atoms with Gasteiger partial charge in [0.05, 0.1) is 0 Å². The second-order valence-corrected chi connectivity index (χ2v) is 5.89. The maximum Gasteiger partial charge on any atom is 0.374 e. The third-order valence-electron chi connectivity index (χ3n) is 3.33. The molecule has 0 saturated carbocycles. The summed E-state index contributed by atoms with van der Waals surface area (Å²) in [5, 5.41) is 6.29. The second-order valence-electron chi connectivity index (χ2n) is 5.45. The van der Waals surface area contributed by atoms with Crippen LogP contribution in [0.25, 0.3) is 11.0 Å². The molecule has 2 N–H and O–H groups in total. The zero-order valence-electron chi connectivity index (χ0n) is 13.9. The molecule has 1 aromatic heterocycles. The summed E-state index contributed by atoms with van der Waals surface area (Å²) in [5.41, 5.74) is 0.488. The van der Waals surface area contributed by atoms with E-state index in [0.717, 1.165) is 6.42 Å². The Labute approximate surface area is 149 Å². The van der Waals surface area contributed by atoms with Crippen LogP contribution in [0.5, 0.6) is 0 Å². The van der Waals surface area contributed by atoms with E-state index in [1.807, 2.05) is 6.92 Å². The molecule has 2 amide bonds. The number of rotatable bonds is 7. The normalized spacial score (nSPS) is 11.8. The molecular formula is C17H19ClN2O5. The topological polar surface area (TPSA) is 97.6 Å². The monoisotopic (exact) mass is 366 g/mol. The lowest BCUT2D eigenvalue weighted by Crippen LogP contribution is -2.46. The van der Waals surface area contributed by atoms with Crippen LogP contribution in [0.15, 0.2) is 28.7 Å². The van der Waals surface area contributed by atoms with Crippen LogP contribution in [0, 0.1) is 0 Å². The standard InChI is InChI=1S/C17H19ClN2O5/c1-3-6-19-16(22)10(2)20-15(21)9-24-17(23)14-8-11-7-12(18)4-5-13(11)25-14/h4-5,7-8,10H,3,6,9H2,1-2H3,(H,19,22)(H,20,21)/t10-/m0/s1. The van der Waals surface area contributed by atoms with E-state index >= 15 is 0 Å². The Bertz CT molecular complexity index is 786. The summed E-state index contributed by atoms with van der Waals surface area (Å²) in [6.45, 7) is 3.49. The molecule has 0 radical (unpaired) electrons. The van der Waals surface area contributed by atoms with Crippen LogP contribution in [0.3, 0.4) is 0 Å². The Balaban J connectivity index is 1.86. The molecule has 25 heavy (non-hydrogen) atoms. The van der Waals surface area contributed by atoms with E-state index in [2.05, 4.69) is 10.6 Å². The van der Waals surface area contributed by atoms with Gasteiger partial charge < -0.3 is 19.8 Å². The SMILES string of the molecule is CCCNC(=O)[C@H](C)NC(=O)COC(=O)c1cc2cc(Cl)ccc2o1.